The van der Waals surface area contributed by atoms with Crippen LogP contribution in [0.1, 0.15) is 6.42 Å². The molecule has 0 spiro atoms. The average molecular weight is 214 g/mol. The second-order valence-corrected chi connectivity index (χ2v) is 7.01. The zero-order valence-corrected chi connectivity index (χ0v) is 10.2. The third-order valence-corrected chi connectivity index (χ3v) is 5.96. The molecule has 0 saturated heterocycles. The Hall–Kier alpha value is 0.137. The summed E-state index contributed by atoms with van der Waals surface area (Å²) in [5, 5.41) is 0. The Morgan fingerprint density at radius 2 is 2.00 bits per heavy atom. The molecule has 1 rings (SSSR count). The van der Waals surface area contributed by atoms with Crippen molar-refractivity contribution < 1.29 is 0 Å². The summed E-state index contributed by atoms with van der Waals surface area (Å²) in [6.45, 7) is 0. The molecule has 0 radical (unpaired) electrons. The molecular formula is C9H14S2Si. The molecular weight excluding hydrogens is 200 g/mol. The lowest BCUT2D eigenvalue weighted by molar-refractivity contribution is 1.10. The Labute approximate surface area is 86.0 Å². The van der Waals surface area contributed by atoms with E-state index >= 15 is 0 Å². The maximum Gasteiger partial charge on any atom is 0.0918 e. The van der Waals surface area contributed by atoms with Gasteiger partial charge in [-0.3, -0.25) is 0 Å². The van der Waals surface area contributed by atoms with Crippen LogP contribution in [0.25, 0.3) is 0 Å². The van der Waals surface area contributed by atoms with E-state index in [2.05, 4.69) is 54.2 Å². The number of hydrogen-bond acceptors (Lipinski definition) is 2. The number of rotatable bonds is 5. The summed E-state index contributed by atoms with van der Waals surface area (Å²) in [7, 11) is 0.0698. The molecule has 0 aliphatic heterocycles. The number of thiol groups is 1. The highest BCUT2D eigenvalue weighted by Gasteiger charge is 1.91. The molecule has 1 aromatic carbocycles. The number of benzene rings is 1. The zero-order chi connectivity index (χ0) is 8.65. The third kappa shape index (κ3) is 4.23. The Morgan fingerprint density at radius 1 is 1.25 bits per heavy atom. The van der Waals surface area contributed by atoms with Crippen molar-refractivity contribution in [2.24, 2.45) is 0 Å². The molecule has 0 nitrogen and oxygen atoms in total. The second-order valence-electron chi connectivity index (χ2n) is 2.59. The van der Waals surface area contributed by atoms with Crippen molar-refractivity contribution in [2.45, 2.75) is 17.4 Å². The first-order valence-electron chi connectivity index (χ1n) is 4.22. The van der Waals surface area contributed by atoms with Gasteiger partial charge in [0.05, 0.1) is 8.67 Å². The Kier molecular flexibility index (Phi) is 5.65. The van der Waals surface area contributed by atoms with Crippen molar-refractivity contribution in [3.63, 3.8) is 0 Å². The van der Waals surface area contributed by atoms with Crippen molar-refractivity contribution in [3.8, 4) is 0 Å². The minimum absolute atomic E-state index is 0.0698. The van der Waals surface area contributed by atoms with Gasteiger partial charge in [0.1, 0.15) is 0 Å². The first-order valence-corrected chi connectivity index (χ1v) is 8.57. The average Bonchev–Trinajstić information content (AvgIpc) is 2.14. The van der Waals surface area contributed by atoms with E-state index in [1.807, 2.05) is 0 Å². The molecule has 0 aromatic heterocycles. The van der Waals surface area contributed by atoms with Crippen LogP contribution in [0.4, 0.5) is 0 Å². The third-order valence-electron chi connectivity index (χ3n) is 1.56. The van der Waals surface area contributed by atoms with Crippen molar-refractivity contribution >= 4 is 32.5 Å². The van der Waals surface area contributed by atoms with Gasteiger partial charge in [0, 0.05) is 4.90 Å². The van der Waals surface area contributed by atoms with Crippen LogP contribution in [-0.2, 0) is 0 Å². The highest BCUT2D eigenvalue weighted by molar-refractivity contribution is 8.22. The highest BCUT2D eigenvalue weighted by Crippen LogP contribution is 2.16. The van der Waals surface area contributed by atoms with Gasteiger partial charge >= 0.3 is 0 Å². The molecule has 0 saturated carbocycles. The fourth-order valence-corrected chi connectivity index (χ4v) is 5.08. The number of hydrogen-bond donors (Lipinski definition) is 1. The Balaban J connectivity index is 2.16. The van der Waals surface area contributed by atoms with E-state index in [4.69, 9.17) is 0 Å². The molecule has 0 fully saturated rings. The molecule has 0 unspecified atom stereocenters. The van der Waals surface area contributed by atoms with Gasteiger partial charge in [0.2, 0.25) is 0 Å². The predicted octanol–water partition coefficient (Wildman–Crippen LogP) is 2.60. The quantitative estimate of drug-likeness (QED) is 0.447. The van der Waals surface area contributed by atoms with Crippen molar-refractivity contribution in [2.75, 3.05) is 5.75 Å². The van der Waals surface area contributed by atoms with Gasteiger partial charge in [-0.1, -0.05) is 24.2 Å². The summed E-state index contributed by atoms with van der Waals surface area (Å²) in [5.74, 6) is 1.04. The molecule has 0 N–H and O–H groups in total. The monoisotopic (exact) mass is 214 g/mol. The van der Waals surface area contributed by atoms with Gasteiger partial charge in [0.15, 0.2) is 0 Å². The molecule has 0 heterocycles. The largest absolute Gasteiger partial charge is 0.179 e. The van der Waals surface area contributed by atoms with Gasteiger partial charge in [0.25, 0.3) is 0 Å². The van der Waals surface area contributed by atoms with E-state index in [-0.39, 0.29) is 8.67 Å². The van der Waals surface area contributed by atoms with Crippen LogP contribution >= 0.6 is 23.8 Å². The van der Waals surface area contributed by atoms with Crippen LogP contribution in [0.15, 0.2) is 35.2 Å². The first kappa shape index (κ1) is 10.2. The molecule has 66 valence electrons. The van der Waals surface area contributed by atoms with E-state index in [0.717, 1.165) is 5.75 Å². The molecule has 0 aliphatic rings. The van der Waals surface area contributed by atoms with Gasteiger partial charge < -0.3 is 0 Å². The van der Waals surface area contributed by atoms with Crippen LogP contribution in [0.3, 0.4) is 0 Å². The van der Waals surface area contributed by atoms with Crippen molar-refractivity contribution in [1.29, 1.82) is 0 Å². The topological polar surface area (TPSA) is 0 Å². The fraction of sp³-hybridized carbons (Fsp3) is 0.333. The standard InChI is InChI=1S/C9H14S2Si/c10-7-4-8-12-11-9-5-2-1-3-6-9/h1-3,5-6,10H,4,7-8,12H2. The van der Waals surface area contributed by atoms with Crippen LogP contribution in [0, 0.1) is 0 Å². The van der Waals surface area contributed by atoms with Gasteiger partial charge in [-0.05, 0) is 24.3 Å². The summed E-state index contributed by atoms with van der Waals surface area (Å²) >= 11 is 6.26. The first-order chi connectivity index (χ1) is 5.93. The molecule has 3 heteroatoms. The van der Waals surface area contributed by atoms with Crippen molar-refractivity contribution in [1.82, 2.24) is 0 Å². The molecule has 0 atom stereocenters. The van der Waals surface area contributed by atoms with E-state index < -0.39 is 0 Å². The second kappa shape index (κ2) is 6.63. The van der Waals surface area contributed by atoms with E-state index in [0.29, 0.717) is 0 Å². The van der Waals surface area contributed by atoms with Crippen LogP contribution in [0.2, 0.25) is 6.04 Å². The summed E-state index contributed by atoms with van der Waals surface area (Å²) in [6.07, 6.45) is 1.29. The zero-order valence-electron chi connectivity index (χ0n) is 7.07. The van der Waals surface area contributed by atoms with Crippen LogP contribution in [-0.4, -0.2) is 14.4 Å². The summed E-state index contributed by atoms with van der Waals surface area (Å²) in [5.41, 5.74) is 0. The lowest BCUT2D eigenvalue weighted by Gasteiger charge is -1.98. The molecule has 0 aliphatic carbocycles. The van der Waals surface area contributed by atoms with E-state index in [1.54, 1.807) is 0 Å². The van der Waals surface area contributed by atoms with E-state index in [1.165, 1.54) is 17.4 Å². The van der Waals surface area contributed by atoms with Gasteiger partial charge in [-0.15, -0.1) is 0 Å². The Morgan fingerprint density at radius 3 is 2.67 bits per heavy atom. The smallest absolute Gasteiger partial charge is 0.0918 e. The lowest BCUT2D eigenvalue weighted by Crippen LogP contribution is -1.84. The van der Waals surface area contributed by atoms with Gasteiger partial charge in [-0.25, -0.2) is 0 Å². The molecule has 1 aromatic rings. The van der Waals surface area contributed by atoms with Crippen LogP contribution < -0.4 is 0 Å². The molecule has 0 bridgehead atoms. The SMILES string of the molecule is SCCC[SiH2]Sc1ccccc1. The molecule has 0 amide bonds. The summed E-state index contributed by atoms with van der Waals surface area (Å²) in [4.78, 5) is 1.43. The lowest BCUT2D eigenvalue weighted by atomic mass is 10.4. The predicted molar refractivity (Wildman–Crippen MR) is 64.1 cm³/mol. The summed E-state index contributed by atoms with van der Waals surface area (Å²) in [6, 6.07) is 12.1. The Bertz CT molecular complexity index is 201. The fourth-order valence-electron chi connectivity index (χ4n) is 0.921. The van der Waals surface area contributed by atoms with Crippen LogP contribution in [0.5, 0.6) is 0 Å². The molecule has 12 heavy (non-hydrogen) atoms. The highest BCUT2D eigenvalue weighted by atomic mass is 32.4. The minimum atomic E-state index is 0.0698. The van der Waals surface area contributed by atoms with E-state index in [9.17, 15) is 0 Å². The maximum atomic E-state index is 4.19. The van der Waals surface area contributed by atoms with Gasteiger partial charge in [-0.2, -0.15) is 23.8 Å². The summed E-state index contributed by atoms with van der Waals surface area (Å²) < 4.78 is 0. The minimum Gasteiger partial charge on any atom is -0.179 e. The normalized spacial score (nSPS) is 11.1. The maximum absolute atomic E-state index is 4.19. The van der Waals surface area contributed by atoms with Crippen molar-refractivity contribution in [3.05, 3.63) is 30.3 Å².